The summed E-state index contributed by atoms with van der Waals surface area (Å²) in [6.07, 6.45) is 27.4. The van der Waals surface area contributed by atoms with E-state index < -0.39 is 5.41 Å². The van der Waals surface area contributed by atoms with E-state index in [2.05, 4.69) is 123 Å². The van der Waals surface area contributed by atoms with Crippen molar-refractivity contribution in [1.29, 1.82) is 0 Å². The summed E-state index contributed by atoms with van der Waals surface area (Å²) in [5.74, 6) is 0. The zero-order chi connectivity index (χ0) is 36.5. The van der Waals surface area contributed by atoms with Crippen LogP contribution in [0.1, 0.15) is 50.8 Å². The smallest absolute Gasteiger partial charge is 0.0839 e. The van der Waals surface area contributed by atoms with Gasteiger partial charge >= 0.3 is 0 Å². The van der Waals surface area contributed by atoms with E-state index in [1.54, 1.807) is 6.08 Å². The van der Waals surface area contributed by atoms with Crippen LogP contribution in [0.25, 0.3) is 22.3 Å². The first kappa shape index (κ1) is 38.7. The highest BCUT2D eigenvalue weighted by Gasteiger charge is 2.48. The summed E-state index contributed by atoms with van der Waals surface area (Å²) in [4.78, 5) is 3.98. The number of rotatable bonds is 9. The molecule has 1 N–H and O–H groups in total. The molecule has 0 aliphatic heterocycles. The lowest BCUT2D eigenvalue weighted by atomic mass is 9.65. The minimum Gasteiger partial charge on any atom is -0.515 e. The molecule has 1 spiro atoms. The Bertz CT molecular complexity index is 1930. The Kier molecular flexibility index (Phi) is 15.0. The molecule has 1 atom stereocenters. The standard InChI is InChI=1S/C32H26O.C14H19N.C2H6/c1-4-23-10-6-7-11-26(21-33)32(29(23)5-2)30-13-9-8-12-27(30)28-20-25(18-19-31(28)32)24-16-14-22(3)15-17-24;1-5-8-9-11-14(15-4)12-13(7-3)10-6-2;1-2/h4-21,33H,1-2H2,3H3;5-11H,1,4,12H2,2-3H3;1-2H3/b10-6-,11-7-,26-21-,29-23-;9-8-,10-6-,13-7+,14-11-;. The van der Waals surface area contributed by atoms with Gasteiger partial charge in [0.1, 0.15) is 0 Å². The molecule has 0 fully saturated rings. The lowest BCUT2D eigenvalue weighted by molar-refractivity contribution is 0.460. The van der Waals surface area contributed by atoms with E-state index in [0.717, 1.165) is 40.0 Å². The van der Waals surface area contributed by atoms with Crippen LogP contribution in [-0.4, -0.2) is 11.8 Å². The zero-order valence-electron chi connectivity index (χ0n) is 30.4. The summed E-state index contributed by atoms with van der Waals surface area (Å²) in [5.41, 5.74) is 12.5. The maximum Gasteiger partial charge on any atom is 0.0839 e. The van der Waals surface area contributed by atoms with Gasteiger partial charge in [0.05, 0.1) is 11.7 Å². The SMILES string of the molecule is C=C/C=C\C=C(\CC(/C=C\C)=C/C)N=C.C=CC1=C(/C=C)C2(C(=C\O)/C=C\C=C/1)c1ccccc1-c1cc(-c3ccc(C)cc3)ccc12.CC. The van der Waals surface area contributed by atoms with Crippen LogP contribution < -0.4 is 0 Å². The molecule has 1 unspecified atom stereocenters. The molecule has 2 aliphatic carbocycles. The number of aliphatic hydroxyl groups excluding tert-OH is 1. The average molecular weight is 658 g/mol. The number of aliphatic imine (C=N–C) groups is 1. The van der Waals surface area contributed by atoms with Crippen molar-refractivity contribution in [2.45, 2.75) is 46.5 Å². The third kappa shape index (κ3) is 8.28. The van der Waals surface area contributed by atoms with Gasteiger partial charge in [0, 0.05) is 17.7 Å². The van der Waals surface area contributed by atoms with Gasteiger partial charge in [-0.25, -0.2) is 0 Å². The van der Waals surface area contributed by atoms with Gasteiger partial charge in [0.2, 0.25) is 0 Å². The van der Waals surface area contributed by atoms with E-state index in [-0.39, 0.29) is 0 Å². The second kappa shape index (κ2) is 19.3. The molecule has 2 nitrogen and oxygen atoms in total. The van der Waals surface area contributed by atoms with Crippen LogP contribution in [0.3, 0.4) is 0 Å². The van der Waals surface area contributed by atoms with Gasteiger partial charge in [0.15, 0.2) is 0 Å². The third-order valence-corrected chi connectivity index (χ3v) is 8.68. The molecular weight excluding hydrogens is 607 g/mol. The fourth-order valence-corrected chi connectivity index (χ4v) is 6.40. The highest BCUT2D eigenvalue weighted by Crippen LogP contribution is 2.58. The molecule has 3 aromatic carbocycles. The van der Waals surface area contributed by atoms with Crippen LogP contribution >= 0.6 is 0 Å². The number of aryl methyl sites for hydroxylation is 1. The molecule has 0 saturated carbocycles. The van der Waals surface area contributed by atoms with Crippen molar-refractivity contribution < 1.29 is 5.11 Å². The number of allylic oxidation sites excluding steroid dienone is 17. The molecule has 0 amide bonds. The van der Waals surface area contributed by atoms with E-state index in [0.29, 0.717) is 0 Å². The van der Waals surface area contributed by atoms with Crippen molar-refractivity contribution >= 4 is 6.72 Å². The molecule has 0 heterocycles. The monoisotopic (exact) mass is 657 g/mol. The molecule has 0 radical (unpaired) electrons. The number of nitrogens with zero attached hydrogens (tertiary/aromatic N) is 1. The maximum atomic E-state index is 10.5. The quantitative estimate of drug-likeness (QED) is 0.139. The summed E-state index contributed by atoms with van der Waals surface area (Å²) in [6.45, 7) is 25.6. The number of aliphatic hydroxyl groups is 1. The van der Waals surface area contributed by atoms with Crippen LogP contribution in [0, 0.1) is 6.92 Å². The maximum absolute atomic E-state index is 10.5. The second-order valence-corrected chi connectivity index (χ2v) is 11.5. The second-order valence-electron chi connectivity index (χ2n) is 11.5. The van der Waals surface area contributed by atoms with Gasteiger partial charge in [-0.15, -0.1) is 0 Å². The minimum atomic E-state index is -0.682. The minimum absolute atomic E-state index is 0.682. The van der Waals surface area contributed by atoms with E-state index in [9.17, 15) is 5.11 Å². The Hall–Kier alpha value is -5.73. The first-order valence-electron chi connectivity index (χ1n) is 17.2. The van der Waals surface area contributed by atoms with E-state index in [1.807, 2.05) is 82.4 Å². The first-order chi connectivity index (χ1) is 24.4. The zero-order valence-corrected chi connectivity index (χ0v) is 30.4. The number of fused-ring (bicyclic) bond motifs is 5. The van der Waals surface area contributed by atoms with Crippen LogP contribution in [-0.2, 0) is 5.41 Å². The Morgan fingerprint density at radius 2 is 1.50 bits per heavy atom. The average Bonchev–Trinajstić information content (AvgIpc) is 3.44. The van der Waals surface area contributed by atoms with Crippen molar-refractivity contribution in [2.24, 2.45) is 4.99 Å². The third-order valence-electron chi connectivity index (χ3n) is 8.68. The van der Waals surface area contributed by atoms with Crippen molar-refractivity contribution in [1.82, 2.24) is 0 Å². The molecule has 3 aromatic rings. The molecule has 2 aliphatic rings. The van der Waals surface area contributed by atoms with Crippen molar-refractivity contribution in [2.75, 3.05) is 0 Å². The Balaban J connectivity index is 0.000000338. The van der Waals surface area contributed by atoms with Crippen LogP contribution in [0.2, 0.25) is 0 Å². The van der Waals surface area contributed by atoms with Crippen LogP contribution in [0.15, 0.2) is 205 Å². The highest BCUT2D eigenvalue weighted by atomic mass is 16.2. The van der Waals surface area contributed by atoms with Gasteiger partial charge in [0.25, 0.3) is 0 Å². The fraction of sp³-hybridized carbons (Fsp3) is 0.146. The number of hydrogen-bond acceptors (Lipinski definition) is 2. The van der Waals surface area contributed by atoms with Gasteiger partial charge in [-0.1, -0.05) is 173 Å². The topological polar surface area (TPSA) is 32.6 Å². The molecule has 0 saturated heterocycles. The van der Waals surface area contributed by atoms with E-state index >= 15 is 0 Å². The predicted octanol–water partition coefficient (Wildman–Crippen LogP) is 13.4. The summed E-state index contributed by atoms with van der Waals surface area (Å²) in [6, 6.07) is 23.8. The number of hydrogen-bond donors (Lipinski definition) is 1. The van der Waals surface area contributed by atoms with Gasteiger partial charge in [-0.3, -0.25) is 4.99 Å². The molecular formula is C48H51NO. The molecule has 50 heavy (non-hydrogen) atoms. The Labute approximate surface area is 301 Å². The first-order valence-corrected chi connectivity index (χ1v) is 17.2. The summed E-state index contributed by atoms with van der Waals surface area (Å²) < 4.78 is 0. The largest absolute Gasteiger partial charge is 0.515 e. The Morgan fingerprint density at radius 1 is 0.820 bits per heavy atom. The molecule has 0 bridgehead atoms. The van der Waals surface area contributed by atoms with E-state index in [1.165, 1.54) is 39.7 Å². The van der Waals surface area contributed by atoms with Gasteiger partial charge in [-0.05, 0) is 89.7 Å². The lowest BCUT2D eigenvalue weighted by Gasteiger charge is -2.36. The molecule has 5 rings (SSSR count). The molecule has 254 valence electrons. The Morgan fingerprint density at radius 3 is 2.12 bits per heavy atom. The van der Waals surface area contributed by atoms with Crippen molar-refractivity contribution in [3.8, 4) is 22.3 Å². The van der Waals surface area contributed by atoms with E-state index in [4.69, 9.17) is 0 Å². The summed E-state index contributed by atoms with van der Waals surface area (Å²) in [7, 11) is 0. The predicted molar refractivity (Wildman–Crippen MR) is 221 cm³/mol. The lowest BCUT2D eigenvalue weighted by Crippen LogP contribution is -2.30. The van der Waals surface area contributed by atoms with Crippen molar-refractivity contribution in [3.63, 3.8) is 0 Å². The number of benzene rings is 3. The fourth-order valence-electron chi connectivity index (χ4n) is 6.40. The molecule has 0 aromatic heterocycles. The van der Waals surface area contributed by atoms with Gasteiger partial charge in [-0.2, -0.15) is 0 Å². The van der Waals surface area contributed by atoms with Gasteiger partial charge < -0.3 is 5.11 Å². The summed E-state index contributed by atoms with van der Waals surface area (Å²) in [5, 5.41) is 10.5. The molecule has 2 heteroatoms. The van der Waals surface area contributed by atoms with Crippen LogP contribution in [0.5, 0.6) is 0 Å². The summed E-state index contributed by atoms with van der Waals surface area (Å²) >= 11 is 0. The van der Waals surface area contributed by atoms with Crippen molar-refractivity contribution in [3.05, 3.63) is 216 Å². The van der Waals surface area contributed by atoms with Crippen LogP contribution in [0.4, 0.5) is 0 Å². The highest BCUT2D eigenvalue weighted by molar-refractivity contribution is 5.90. The normalized spacial score (nSPS) is 20.1.